The van der Waals surface area contributed by atoms with Crippen molar-refractivity contribution >= 4 is 61.5 Å². The highest BCUT2D eigenvalue weighted by Crippen LogP contribution is 2.48. The van der Waals surface area contributed by atoms with E-state index >= 15 is 0 Å². The Kier molecular flexibility index (Phi) is 6.96. The molecule has 2 aromatic heterocycles. The van der Waals surface area contributed by atoms with Gasteiger partial charge < -0.3 is 14.4 Å². The van der Waals surface area contributed by atoms with Gasteiger partial charge in [-0.15, -0.1) is 10.2 Å². The molecule has 0 bridgehead atoms. The molecule has 1 amide bonds. The number of carbonyl (C=O) groups excluding carboxylic acids is 1. The van der Waals surface area contributed by atoms with Gasteiger partial charge in [-0.2, -0.15) is 0 Å². The van der Waals surface area contributed by atoms with Crippen LogP contribution in [0.3, 0.4) is 0 Å². The van der Waals surface area contributed by atoms with Gasteiger partial charge in [-0.3, -0.25) is 4.79 Å². The topological polar surface area (TPSA) is 101 Å². The van der Waals surface area contributed by atoms with Crippen molar-refractivity contribution in [1.82, 2.24) is 19.7 Å². The largest absolute Gasteiger partial charge is 0.355 e. The first-order chi connectivity index (χ1) is 19.1. The molecule has 0 radical (unpaired) electrons. The standard InChI is InChI=1S/C28H28Cl2N6O3S/c1-40(38,39)16-4-13-35-23-8-7-19(29)17-21(23)31-26(35)18-36-22-6-3-2-5-20(22)28(27(36)37)11-14-34(15-12-28)25-10-9-24(30)32-33-25/h2-3,5-10,17H,4,11-16,18H2,1H3. The predicted molar refractivity (Wildman–Crippen MR) is 157 cm³/mol. The minimum atomic E-state index is -3.11. The summed E-state index contributed by atoms with van der Waals surface area (Å²) in [4.78, 5) is 23.1. The number of amides is 1. The normalized spacial score (nSPS) is 16.7. The Balaban J connectivity index is 1.31. The molecule has 4 aromatic rings. The molecule has 9 nitrogen and oxygen atoms in total. The lowest BCUT2D eigenvalue weighted by molar-refractivity contribution is -0.124. The maximum atomic E-state index is 14.3. The third-order valence-electron chi connectivity index (χ3n) is 7.91. The number of aryl methyl sites for hydroxylation is 1. The number of anilines is 2. The summed E-state index contributed by atoms with van der Waals surface area (Å²) in [5.74, 6) is 1.57. The SMILES string of the molecule is CS(=O)(=O)CCCn1c(CN2C(=O)C3(CCN(c4ccc(Cl)nn4)CC3)c3ccccc32)nc2cc(Cl)ccc21. The van der Waals surface area contributed by atoms with E-state index in [-0.39, 0.29) is 18.2 Å². The molecule has 40 heavy (non-hydrogen) atoms. The number of nitrogens with zero attached hydrogens (tertiary/aromatic N) is 6. The van der Waals surface area contributed by atoms with E-state index in [1.807, 2.05) is 39.8 Å². The fourth-order valence-electron chi connectivity index (χ4n) is 5.98. The van der Waals surface area contributed by atoms with E-state index in [2.05, 4.69) is 21.2 Å². The smallest absolute Gasteiger partial charge is 0.238 e. The van der Waals surface area contributed by atoms with Gasteiger partial charge in [0.2, 0.25) is 5.91 Å². The van der Waals surface area contributed by atoms with Crippen LogP contribution in [0.2, 0.25) is 10.2 Å². The first-order valence-electron chi connectivity index (χ1n) is 13.1. The van der Waals surface area contributed by atoms with Crippen molar-refractivity contribution in [3.05, 3.63) is 76.2 Å². The van der Waals surface area contributed by atoms with E-state index in [4.69, 9.17) is 28.2 Å². The monoisotopic (exact) mass is 598 g/mol. The van der Waals surface area contributed by atoms with Crippen molar-refractivity contribution in [2.45, 2.75) is 37.8 Å². The zero-order chi connectivity index (χ0) is 28.1. The second-order valence-electron chi connectivity index (χ2n) is 10.5. The zero-order valence-electron chi connectivity index (χ0n) is 21.9. The molecule has 1 saturated heterocycles. The molecule has 0 aliphatic carbocycles. The molecule has 1 fully saturated rings. The Bertz CT molecular complexity index is 1700. The average Bonchev–Trinajstić information content (AvgIpc) is 3.37. The number of aromatic nitrogens is 4. The average molecular weight is 600 g/mol. The maximum Gasteiger partial charge on any atom is 0.238 e. The second kappa shape index (κ2) is 10.3. The zero-order valence-corrected chi connectivity index (χ0v) is 24.3. The van der Waals surface area contributed by atoms with Gasteiger partial charge in [0.05, 0.1) is 28.7 Å². The first-order valence-corrected chi connectivity index (χ1v) is 15.9. The van der Waals surface area contributed by atoms with Crippen molar-refractivity contribution in [2.24, 2.45) is 0 Å². The van der Waals surface area contributed by atoms with Gasteiger partial charge in [0.15, 0.2) is 11.0 Å². The van der Waals surface area contributed by atoms with Crippen LogP contribution in [0.25, 0.3) is 11.0 Å². The lowest BCUT2D eigenvalue weighted by Crippen LogP contribution is -2.49. The summed E-state index contributed by atoms with van der Waals surface area (Å²) >= 11 is 12.2. The number of sulfone groups is 1. The molecule has 2 aliphatic heterocycles. The van der Waals surface area contributed by atoms with Crippen LogP contribution < -0.4 is 9.80 Å². The van der Waals surface area contributed by atoms with Crippen molar-refractivity contribution < 1.29 is 13.2 Å². The lowest BCUT2D eigenvalue weighted by Gasteiger charge is -2.38. The molecular weight excluding hydrogens is 571 g/mol. The number of hydrogen-bond donors (Lipinski definition) is 0. The highest BCUT2D eigenvalue weighted by Gasteiger charge is 2.52. The van der Waals surface area contributed by atoms with Crippen LogP contribution >= 0.6 is 23.2 Å². The Morgan fingerprint density at radius 3 is 2.50 bits per heavy atom. The summed E-state index contributed by atoms with van der Waals surface area (Å²) in [6.45, 7) is 2.06. The Morgan fingerprint density at radius 1 is 1.00 bits per heavy atom. The number of carbonyl (C=O) groups is 1. The first kappa shape index (κ1) is 27.0. The van der Waals surface area contributed by atoms with Crippen molar-refractivity contribution in [2.75, 3.05) is 34.9 Å². The van der Waals surface area contributed by atoms with Crippen molar-refractivity contribution in [3.63, 3.8) is 0 Å². The van der Waals surface area contributed by atoms with Crippen LogP contribution in [-0.2, 0) is 33.1 Å². The Morgan fingerprint density at radius 2 is 1.77 bits per heavy atom. The highest BCUT2D eigenvalue weighted by atomic mass is 35.5. The molecule has 0 saturated carbocycles. The molecule has 0 N–H and O–H groups in total. The van der Waals surface area contributed by atoms with Crippen LogP contribution in [0.5, 0.6) is 0 Å². The van der Waals surface area contributed by atoms with Crippen LogP contribution in [0.1, 0.15) is 30.7 Å². The number of fused-ring (bicyclic) bond motifs is 3. The summed E-state index contributed by atoms with van der Waals surface area (Å²) in [5.41, 5.74) is 2.86. The van der Waals surface area contributed by atoms with Crippen LogP contribution in [0.15, 0.2) is 54.6 Å². The minimum absolute atomic E-state index is 0.0586. The number of benzene rings is 2. The summed E-state index contributed by atoms with van der Waals surface area (Å²) in [7, 11) is -3.11. The molecule has 208 valence electrons. The molecule has 6 rings (SSSR count). The molecule has 0 atom stereocenters. The number of imidazole rings is 1. The van der Waals surface area contributed by atoms with Crippen LogP contribution in [0, 0.1) is 0 Å². The molecule has 4 heterocycles. The number of piperidine rings is 1. The third-order valence-corrected chi connectivity index (χ3v) is 9.38. The van der Waals surface area contributed by atoms with Gasteiger partial charge in [-0.05, 0) is 61.2 Å². The lowest BCUT2D eigenvalue weighted by atomic mass is 9.73. The van der Waals surface area contributed by atoms with E-state index in [0.717, 1.165) is 22.6 Å². The highest BCUT2D eigenvalue weighted by molar-refractivity contribution is 7.90. The molecule has 0 unspecified atom stereocenters. The molecular formula is C28H28Cl2N6O3S. The van der Waals surface area contributed by atoms with Crippen molar-refractivity contribution in [3.8, 4) is 0 Å². The maximum absolute atomic E-state index is 14.3. The quantitative estimate of drug-likeness (QED) is 0.305. The van der Waals surface area contributed by atoms with Crippen molar-refractivity contribution in [1.29, 1.82) is 0 Å². The Labute approximate surface area is 242 Å². The van der Waals surface area contributed by atoms with Gasteiger partial charge >= 0.3 is 0 Å². The molecule has 1 spiro atoms. The van der Waals surface area contributed by atoms with Gasteiger partial charge in [-0.25, -0.2) is 13.4 Å². The molecule has 2 aliphatic rings. The van der Waals surface area contributed by atoms with Gasteiger partial charge in [-0.1, -0.05) is 41.4 Å². The van der Waals surface area contributed by atoms with Gasteiger partial charge in [0, 0.05) is 36.6 Å². The summed E-state index contributed by atoms with van der Waals surface area (Å²) in [5, 5.41) is 9.10. The van der Waals surface area contributed by atoms with E-state index in [1.165, 1.54) is 6.26 Å². The number of hydrogen-bond acceptors (Lipinski definition) is 7. The third kappa shape index (κ3) is 4.93. The number of rotatable bonds is 7. The number of halogens is 2. The minimum Gasteiger partial charge on any atom is -0.355 e. The van der Waals surface area contributed by atoms with Crippen LogP contribution in [0.4, 0.5) is 11.5 Å². The van der Waals surface area contributed by atoms with Crippen LogP contribution in [-0.4, -0.2) is 59.2 Å². The summed E-state index contributed by atoms with van der Waals surface area (Å²) < 4.78 is 25.6. The van der Waals surface area contributed by atoms with E-state index in [0.29, 0.717) is 60.4 Å². The predicted octanol–water partition coefficient (Wildman–Crippen LogP) is 4.65. The summed E-state index contributed by atoms with van der Waals surface area (Å²) in [6.07, 6.45) is 2.97. The van der Waals surface area contributed by atoms with Gasteiger partial charge in [0.1, 0.15) is 15.7 Å². The van der Waals surface area contributed by atoms with Gasteiger partial charge in [0.25, 0.3) is 0 Å². The van der Waals surface area contributed by atoms with E-state index in [1.54, 1.807) is 18.2 Å². The molecule has 2 aromatic carbocycles. The Hall–Kier alpha value is -3.21. The van der Waals surface area contributed by atoms with E-state index < -0.39 is 15.3 Å². The fraction of sp³-hybridized carbons (Fsp3) is 0.357. The fourth-order valence-corrected chi connectivity index (χ4v) is 6.90. The number of para-hydroxylation sites is 1. The second-order valence-corrected chi connectivity index (χ2v) is 13.6. The summed E-state index contributed by atoms with van der Waals surface area (Å²) in [6, 6.07) is 17.0. The molecule has 12 heteroatoms. The van der Waals surface area contributed by atoms with E-state index in [9.17, 15) is 13.2 Å².